The summed E-state index contributed by atoms with van der Waals surface area (Å²) in [5.74, 6) is 0.117. The number of thioether (sulfide) groups is 1. The number of nitrogen functional groups attached to an aromatic ring is 1. The van der Waals surface area contributed by atoms with Gasteiger partial charge in [0.05, 0.1) is 12.3 Å². The summed E-state index contributed by atoms with van der Waals surface area (Å²) in [6.07, 6.45) is 0.885. The molecule has 0 unspecified atom stereocenters. The number of benzene rings is 1. The number of nitrogens with two attached hydrogens (primary N) is 1. The maximum atomic E-state index is 12.0. The SMILES string of the molecule is CCCNC(=O)CN(C)C(=O)CSc1ccc(N)cc1C. The summed E-state index contributed by atoms with van der Waals surface area (Å²) in [5.41, 5.74) is 7.47. The van der Waals surface area contributed by atoms with Gasteiger partial charge in [0.2, 0.25) is 11.8 Å². The van der Waals surface area contributed by atoms with E-state index >= 15 is 0 Å². The molecule has 0 radical (unpaired) electrons. The minimum atomic E-state index is -0.124. The average Bonchev–Trinajstić information content (AvgIpc) is 2.43. The molecule has 21 heavy (non-hydrogen) atoms. The van der Waals surface area contributed by atoms with Gasteiger partial charge in [0, 0.05) is 24.2 Å². The Morgan fingerprint density at radius 3 is 2.71 bits per heavy atom. The number of nitrogens with zero attached hydrogens (tertiary/aromatic N) is 1. The van der Waals surface area contributed by atoms with Gasteiger partial charge < -0.3 is 16.0 Å². The highest BCUT2D eigenvalue weighted by molar-refractivity contribution is 8.00. The highest BCUT2D eigenvalue weighted by atomic mass is 32.2. The topological polar surface area (TPSA) is 75.4 Å². The molecule has 0 fully saturated rings. The maximum absolute atomic E-state index is 12.0. The van der Waals surface area contributed by atoms with Gasteiger partial charge in [-0.2, -0.15) is 0 Å². The van der Waals surface area contributed by atoms with Crippen molar-refractivity contribution in [2.24, 2.45) is 0 Å². The molecule has 1 rings (SSSR count). The van der Waals surface area contributed by atoms with Crippen LogP contribution in [0.4, 0.5) is 5.69 Å². The highest BCUT2D eigenvalue weighted by Gasteiger charge is 2.13. The number of anilines is 1. The van der Waals surface area contributed by atoms with E-state index in [1.54, 1.807) is 7.05 Å². The van der Waals surface area contributed by atoms with Crippen molar-refractivity contribution in [1.82, 2.24) is 10.2 Å². The fraction of sp³-hybridized carbons (Fsp3) is 0.467. The lowest BCUT2D eigenvalue weighted by atomic mass is 10.2. The molecule has 1 aromatic carbocycles. The fourth-order valence-corrected chi connectivity index (χ4v) is 2.66. The molecule has 0 atom stereocenters. The Morgan fingerprint density at radius 2 is 2.10 bits per heavy atom. The zero-order valence-corrected chi connectivity index (χ0v) is 13.6. The largest absolute Gasteiger partial charge is 0.399 e. The first-order chi connectivity index (χ1) is 9.93. The van der Waals surface area contributed by atoms with Crippen molar-refractivity contribution >= 4 is 29.3 Å². The molecule has 0 heterocycles. The van der Waals surface area contributed by atoms with Gasteiger partial charge in [-0.15, -0.1) is 11.8 Å². The van der Waals surface area contributed by atoms with Crippen LogP contribution in [-0.4, -0.2) is 42.6 Å². The first-order valence-corrected chi connectivity index (χ1v) is 7.92. The fourth-order valence-electron chi connectivity index (χ4n) is 1.71. The quantitative estimate of drug-likeness (QED) is 0.593. The van der Waals surface area contributed by atoms with Crippen LogP contribution in [0.2, 0.25) is 0 Å². The Bertz CT molecular complexity index is 506. The van der Waals surface area contributed by atoms with E-state index in [-0.39, 0.29) is 18.4 Å². The van der Waals surface area contributed by atoms with E-state index in [0.29, 0.717) is 18.0 Å². The summed E-state index contributed by atoms with van der Waals surface area (Å²) in [4.78, 5) is 26.0. The minimum Gasteiger partial charge on any atom is -0.399 e. The Hall–Kier alpha value is -1.69. The van der Waals surface area contributed by atoms with Crippen LogP contribution in [0.5, 0.6) is 0 Å². The molecule has 0 bridgehead atoms. The number of amides is 2. The van der Waals surface area contributed by atoms with E-state index < -0.39 is 0 Å². The Labute approximate surface area is 130 Å². The molecule has 116 valence electrons. The van der Waals surface area contributed by atoms with Crippen molar-refractivity contribution in [3.63, 3.8) is 0 Å². The molecule has 0 saturated heterocycles. The van der Waals surface area contributed by atoms with Gasteiger partial charge in [-0.05, 0) is 37.1 Å². The number of aryl methyl sites for hydroxylation is 1. The number of carbonyl (C=O) groups excluding carboxylic acids is 2. The molecule has 6 heteroatoms. The molecule has 3 N–H and O–H groups in total. The molecule has 1 aromatic rings. The second-order valence-electron chi connectivity index (χ2n) is 4.91. The van der Waals surface area contributed by atoms with Crippen LogP contribution in [-0.2, 0) is 9.59 Å². The molecule has 2 amide bonds. The number of hydrogen-bond acceptors (Lipinski definition) is 4. The first-order valence-electron chi connectivity index (χ1n) is 6.93. The summed E-state index contributed by atoms with van der Waals surface area (Å²) >= 11 is 1.46. The van der Waals surface area contributed by atoms with E-state index in [1.165, 1.54) is 16.7 Å². The van der Waals surface area contributed by atoms with E-state index in [2.05, 4.69) is 5.32 Å². The van der Waals surface area contributed by atoms with Gasteiger partial charge in [-0.1, -0.05) is 6.92 Å². The summed E-state index contributed by atoms with van der Waals surface area (Å²) in [6.45, 7) is 4.69. The molecule has 0 spiro atoms. The number of nitrogens with one attached hydrogen (secondary N) is 1. The molecule has 5 nitrogen and oxygen atoms in total. The molecule has 0 aliphatic rings. The predicted molar refractivity (Wildman–Crippen MR) is 87.3 cm³/mol. The zero-order valence-electron chi connectivity index (χ0n) is 12.8. The lowest BCUT2D eigenvalue weighted by Crippen LogP contribution is -2.39. The van der Waals surface area contributed by atoms with Gasteiger partial charge in [-0.3, -0.25) is 9.59 Å². The van der Waals surface area contributed by atoms with Crippen LogP contribution >= 0.6 is 11.8 Å². The van der Waals surface area contributed by atoms with Crippen molar-refractivity contribution in [3.05, 3.63) is 23.8 Å². The van der Waals surface area contributed by atoms with Crippen molar-refractivity contribution in [2.75, 3.05) is 31.6 Å². The van der Waals surface area contributed by atoms with E-state index in [9.17, 15) is 9.59 Å². The number of likely N-dealkylation sites (N-methyl/N-ethyl adjacent to an activating group) is 1. The number of carbonyl (C=O) groups is 2. The smallest absolute Gasteiger partial charge is 0.239 e. The van der Waals surface area contributed by atoms with E-state index in [0.717, 1.165) is 16.9 Å². The van der Waals surface area contributed by atoms with Crippen LogP contribution in [0.3, 0.4) is 0 Å². The van der Waals surface area contributed by atoms with Crippen molar-refractivity contribution in [1.29, 1.82) is 0 Å². The predicted octanol–water partition coefficient (Wildman–Crippen LogP) is 1.65. The van der Waals surface area contributed by atoms with Crippen LogP contribution < -0.4 is 11.1 Å². The normalized spacial score (nSPS) is 10.2. The average molecular weight is 309 g/mol. The molecule has 0 aliphatic carbocycles. The molecule has 0 aromatic heterocycles. The minimum absolute atomic E-state index is 0.0668. The first kappa shape index (κ1) is 17.4. The van der Waals surface area contributed by atoms with Crippen LogP contribution in [0.25, 0.3) is 0 Å². The third-order valence-electron chi connectivity index (χ3n) is 2.93. The third kappa shape index (κ3) is 6.08. The Kier molecular flexibility index (Phi) is 7.08. The van der Waals surface area contributed by atoms with Gasteiger partial charge in [0.15, 0.2) is 0 Å². The van der Waals surface area contributed by atoms with Crippen molar-refractivity contribution in [3.8, 4) is 0 Å². The maximum Gasteiger partial charge on any atom is 0.239 e. The summed E-state index contributed by atoms with van der Waals surface area (Å²) in [6, 6.07) is 5.62. The Morgan fingerprint density at radius 1 is 1.38 bits per heavy atom. The second kappa shape index (κ2) is 8.56. The standard InChI is InChI=1S/C15H23N3O2S/c1-4-7-17-14(19)9-18(3)15(20)10-21-13-6-5-12(16)8-11(13)2/h5-6,8H,4,7,9-10,16H2,1-3H3,(H,17,19). The molecule has 0 saturated carbocycles. The van der Waals surface area contributed by atoms with E-state index in [1.807, 2.05) is 32.0 Å². The van der Waals surface area contributed by atoms with Crippen LogP contribution in [0.15, 0.2) is 23.1 Å². The number of hydrogen-bond donors (Lipinski definition) is 2. The van der Waals surface area contributed by atoms with Crippen LogP contribution in [0.1, 0.15) is 18.9 Å². The lowest BCUT2D eigenvalue weighted by Gasteiger charge is -2.16. The van der Waals surface area contributed by atoms with Gasteiger partial charge >= 0.3 is 0 Å². The summed E-state index contributed by atoms with van der Waals surface area (Å²) in [5, 5.41) is 2.75. The Balaban J connectivity index is 2.43. The van der Waals surface area contributed by atoms with E-state index in [4.69, 9.17) is 5.73 Å². The molecule has 0 aliphatic heterocycles. The zero-order chi connectivity index (χ0) is 15.8. The third-order valence-corrected chi connectivity index (χ3v) is 4.09. The summed E-state index contributed by atoms with van der Waals surface area (Å²) in [7, 11) is 1.64. The lowest BCUT2D eigenvalue weighted by molar-refractivity contribution is -0.132. The van der Waals surface area contributed by atoms with Gasteiger partial charge in [0.25, 0.3) is 0 Å². The van der Waals surface area contributed by atoms with Crippen molar-refractivity contribution < 1.29 is 9.59 Å². The number of rotatable bonds is 7. The molecular formula is C15H23N3O2S. The van der Waals surface area contributed by atoms with Crippen LogP contribution in [0, 0.1) is 6.92 Å². The summed E-state index contributed by atoms with van der Waals surface area (Å²) < 4.78 is 0. The highest BCUT2D eigenvalue weighted by Crippen LogP contribution is 2.24. The molecular weight excluding hydrogens is 286 g/mol. The van der Waals surface area contributed by atoms with Crippen molar-refractivity contribution in [2.45, 2.75) is 25.2 Å². The second-order valence-corrected chi connectivity index (χ2v) is 5.93. The van der Waals surface area contributed by atoms with Gasteiger partial charge in [0.1, 0.15) is 0 Å². The monoisotopic (exact) mass is 309 g/mol. The van der Waals surface area contributed by atoms with Gasteiger partial charge in [-0.25, -0.2) is 0 Å².